The van der Waals surface area contributed by atoms with Crippen molar-refractivity contribution >= 4 is 34.9 Å². The number of halogens is 2. The maximum atomic E-state index is 13.0. The van der Waals surface area contributed by atoms with Gasteiger partial charge in [0.25, 0.3) is 0 Å². The Hall–Kier alpha value is -2.26. The summed E-state index contributed by atoms with van der Waals surface area (Å²) in [6.45, 7) is 4.30. The average molecular weight is 516 g/mol. The van der Waals surface area contributed by atoms with Crippen LogP contribution in [0.25, 0.3) is 0 Å². The molecule has 188 valence electrons. The van der Waals surface area contributed by atoms with Gasteiger partial charge >= 0.3 is 6.03 Å². The largest absolute Gasteiger partial charge is 0.322 e. The van der Waals surface area contributed by atoms with E-state index in [-0.39, 0.29) is 6.03 Å². The molecule has 2 aliphatic rings. The number of carbonyl (C=O) groups excluding carboxylic acids is 1. The molecule has 1 heterocycles. The molecule has 5 nitrogen and oxygen atoms in total. The summed E-state index contributed by atoms with van der Waals surface area (Å²) in [5.41, 5.74) is 1.74. The maximum Gasteiger partial charge on any atom is 0.322 e. The highest BCUT2D eigenvalue weighted by Gasteiger charge is 2.25. The molecule has 0 unspecified atom stereocenters. The zero-order valence-electron chi connectivity index (χ0n) is 20.4. The van der Waals surface area contributed by atoms with Gasteiger partial charge in [-0.1, -0.05) is 72.8 Å². The van der Waals surface area contributed by atoms with Crippen molar-refractivity contribution in [1.82, 2.24) is 9.80 Å². The van der Waals surface area contributed by atoms with E-state index in [4.69, 9.17) is 28.5 Å². The molecule has 1 aliphatic heterocycles. The number of nitrogens with zero attached hydrogens (tertiary/aromatic N) is 3. The van der Waals surface area contributed by atoms with Gasteiger partial charge in [-0.15, -0.1) is 0 Å². The van der Waals surface area contributed by atoms with Crippen LogP contribution in [0.3, 0.4) is 0 Å². The molecule has 2 aromatic carbocycles. The van der Waals surface area contributed by atoms with Gasteiger partial charge in [0.05, 0.1) is 12.5 Å². The molecule has 2 fully saturated rings. The second-order valence-corrected chi connectivity index (χ2v) is 10.2. The lowest BCUT2D eigenvalue weighted by Gasteiger charge is -2.35. The van der Waals surface area contributed by atoms with E-state index in [0.29, 0.717) is 28.2 Å². The SMILES string of the molecule is N#CCc1ccccc1.O=C(Nc1cc(Cl)cc(Cl)c1)N(CCCN1CCCC1)C1CCCCC1. The first-order valence-corrected chi connectivity index (χ1v) is 13.5. The fourth-order valence-corrected chi connectivity index (χ4v) is 5.35. The number of anilines is 1. The Morgan fingerprint density at radius 1 is 1.00 bits per heavy atom. The number of nitriles is 1. The molecule has 0 bridgehead atoms. The third-order valence-corrected chi connectivity index (χ3v) is 7.02. The second kappa shape index (κ2) is 15.0. The average Bonchev–Trinajstić information content (AvgIpc) is 3.37. The topological polar surface area (TPSA) is 59.4 Å². The van der Waals surface area contributed by atoms with Gasteiger partial charge in [0, 0.05) is 28.3 Å². The molecule has 0 radical (unpaired) electrons. The fraction of sp³-hybridized carbons (Fsp3) is 0.500. The predicted molar refractivity (Wildman–Crippen MR) is 145 cm³/mol. The zero-order valence-corrected chi connectivity index (χ0v) is 21.9. The highest BCUT2D eigenvalue weighted by atomic mass is 35.5. The monoisotopic (exact) mass is 514 g/mol. The van der Waals surface area contributed by atoms with Crippen molar-refractivity contribution in [2.75, 3.05) is 31.5 Å². The number of amides is 2. The van der Waals surface area contributed by atoms with Gasteiger partial charge in [-0.3, -0.25) is 0 Å². The Morgan fingerprint density at radius 2 is 1.66 bits per heavy atom. The van der Waals surface area contributed by atoms with Crippen LogP contribution >= 0.6 is 23.2 Å². The number of likely N-dealkylation sites (tertiary alicyclic amines) is 1. The number of hydrogen-bond acceptors (Lipinski definition) is 3. The predicted octanol–water partition coefficient (Wildman–Crippen LogP) is 7.40. The van der Waals surface area contributed by atoms with E-state index in [9.17, 15) is 4.79 Å². The van der Waals surface area contributed by atoms with Crippen LogP contribution in [-0.4, -0.2) is 48.1 Å². The van der Waals surface area contributed by atoms with Gasteiger partial charge in [0.1, 0.15) is 0 Å². The summed E-state index contributed by atoms with van der Waals surface area (Å²) in [5, 5.41) is 12.3. The minimum absolute atomic E-state index is 0.0309. The standard InChI is InChI=1S/C20H29Cl2N3O.C8H7N/c21-16-13-17(22)15-18(14-16)23-20(26)25(19-7-2-1-3-8-19)12-6-11-24-9-4-5-10-24;9-7-6-8-4-2-1-3-5-8/h13-15,19H,1-12H2,(H,23,26);1-5H,6H2. The first-order chi connectivity index (χ1) is 17.0. The van der Waals surface area contributed by atoms with E-state index in [2.05, 4.69) is 16.3 Å². The molecular weight excluding hydrogens is 479 g/mol. The van der Waals surface area contributed by atoms with Crippen LogP contribution in [0.5, 0.6) is 0 Å². The van der Waals surface area contributed by atoms with E-state index in [1.54, 1.807) is 18.2 Å². The van der Waals surface area contributed by atoms with E-state index in [0.717, 1.165) is 37.9 Å². The smallest absolute Gasteiger partial charge is 0.322 e. The summed E-state index contributed by atoms with van der Waals surface area (Å²) < 4.78 is 0. The third kappa shape index (κ3) is 9.72. The number of nitrogens with one attached hydrogen (secondary N) is 1. The molecule has 4 rings (SSSR count). The molecule has 1 aliphatic carbocycles. The molecular formula is C28H36Cl2N4O. The van der Waals surface area contributed by atoms with Gasteiger partial charge < -0.3 is 15.1 Å². The van der Waals surface area contributed by atoms with Crippen LogP contribution < -0.4 is 5.32 Å². The van der Waals surface area contributed by atoms with Crippen molar-refractivity contribution in [2.24, 2.45) is 0 Å². The van der Waals surface area contributed by atoms with E-state index >= 15 is 0 Å². The van der Waals surface area contributed by atoms with Gasteiger partial charge in [-0.05, 0) is 75.5 Å². The van der Waals surface area contributed by atoms with Crippen LogP contribution in [0, 0.1) is 11.3 Å². The van der Waals surface area contributed by atoms with Gasteiger partial charge in [-0.2, -0.15) is 5.26 Å². The Kier molecular flexibility index (Phi) is 11.7. The number of rotatable bonds is 7. The first-order valence-electron chi connectivity index (χ1n) is 12.7. The zero-order chi connectivity index (χ0) is 24.9. The van der Waals surface area contributed by atoms with Crippen LogP contribution in [-0.2, 0) is 6.42 Å². The Balaban J connectivity index is 0.000000320. The summed E-state index contributed by atoms with van der Waals surface area (Å²) in [6, 6.07) is 17.3. The van der Waals surface area contributed by atoms with Crippen LogP contribution in [0.15, 0.2) is 48.5 Å². The molecule has 1 N–H and O–H groups in total. The normalized spacial score (nSPS) is 16.1. The quantitative estimate of drug-likeness (QED) is 0.418. The van der Waals surface area contributed by atoms with Crippen molar-refractivity contribution in [2.45, 2.75) is 63.8 Å². The van der Waals surface area contributed by atoms with Crippen LogP contribution in [0.4, 0.5) is 10.5 Å². The van der Waals surface area contributed by atoms with Crippen molar-refractivity contribution in [3.8, 4) is 6.07 Å². The molecule has 1 saturated carbocycles. The summed E-state index contributed by atoms with van der Waals surface area (Å²) in [7, 11) is 0. The molecule has 2 amide bonds. The van der Waals surface area contributed by atoms with Crippen molar-refractivity contribution < 1.29 is 4.79 Å². The minimum atomic E-state index is -0.0309. The maximum absolute atomic E-state index is 13.0. The molecule has 1 saturated heterocycles. The van der Waals surface area contributed by atoms with Gasteiger partial charge in [0.15, 0.2) is 0 Å². The van der Waals surface area contributed by atoms with Gasteiger partial charge in [-0.25, -0.2) is 4.79 Å². The van der Waals surface area contributed by atoms with Crippen molar-refractivity contribution in [3.05, 3.63) is 64.1 Å². The fourth-order valence-electron chi connectivity index (χ4n) is 4.82. The number of hydrogen-bond donors (Lipinski definition) is 1. The highest BCUT2D eigenvalue weighted by molar-refractivity contribution is 6.35. The van der Waals surface area contributed by atoms with E-state index in [1.807, 2.05) is 35.2 Å². The summed E-state index contributed by atoms with van der Waals surface area (Å²) in [4.78, 5) is 17.5. The Morgan fingerprint density at radius 3 is 2.29 bits per heavy atom. The highest BCUT2D eigenvalue weighted by Crippen LogP contribution is 2.26. The molecule has 0 spiro atoms. The molecule has 7 heteroatoms. The molecule has 2 aromatic rings. The minimum Gasteiger partial charge on any atom is -0.322 e. The molecule has 0 atom stereocenters. The Labute approximate surface area is 220 Å². The molecule has 0 aromatic heterocycles. The van der Waals surface area contributed by atoms with Gasteiger partial charge in [0.2, 0.25) is 0 Å². The van der Waals surface area contributed by atoms with E-state index < -0.39 is 0 Å². The van der Waals surface area contributed by atoms with Crippen LogP contribution in [0.1, 0.15) is 56.9 Å². The summed E-state index contributed by atoms with van der Waals surface area (Å²) in [5.74, 6) is 0. The number of benzene rings is 2. The first kappa shape index (κ1) is 27.3. The molecule has 35 heavy (non-hydrogen) atoms. The third-order valence-electron chi connectivity index (χ3n) is 6.59. The van der Waals surface area contributed by atoms with Crippen molar-refractivity contribution in [3.63, 3.8) is 0 Å². The number of urea groups is 1. The van der Waals surface area contributed by atoms with Crippen LogP contribution in [0.2, 0.25) is 10.0 Å². The summed E-state index contributed by atoms with van der Waals surface area (Å²) in [6.07, 6.45) is 10.1. The second-order valence-electron chi connectivity index (χ2n) is 9.30. The lowest BCUT2D eigenvalue weighted by atomic mass is 9.94. The van der Waals surface area contributed by atoms with Crippen molar-refractivity contribution in [1.29, 1.82) is 5.26 Å². The lowest BCUT2D eigenvalue weighted by Crippen LogP contribution is -2.45. The van der Waals surface area contributed by atoms with E-state index in [1.165, 1.54) is 45.2 Å². The number of carbonyl (C=O) groups is 1. The Bertz CT molecular complexity index is 931. The summed E-state index contributed by atoms with van der Waals surface area (Å²) >= 11 is 12.1. The lowest BCUT2D eigenvalue weighted by molar-refractivity contribution is 0.162.